The molecule has 0 aliphatic rings. The van der Waals surface area contributed by atoms with Crippen LogP contribution in [0.3, 0.4) is 0 Å². The molecule has 0 fully saturated rings. The van der Waals surface area contributed by atoms with E-state index in [0.717, 1.165) is 6.07 Å². The number of halogens is 1. The van der Waals surface area contributed by atoms with Gasteiger partial charge in [0.15, 0.2) is 0 Å². The molecule has 0 saturated carbocycles. The number of rotatable bonds is 4. The number of nitrogens with one attached hydrogen (secondary N) is 1. The van der Waals surface area contributed by atoms with Gasteiger partial charge in [-0.3, -0.25) is 10.1 Å². The van der Waals surface area contributed by atoms with Crippen LogP contribution < -0.4 is 5.32 Å². The van der Waals surface area contributed by atoms with Gasteiger partial charge in [-0.2, -0.15) is 0 Å². The summed E-state index contributed by atoms with van der Waals surface area (Å²) in [5.41, 5.74) is 1.65. The van der Waals surface area contributed by atoms with Crippen molar-refractivity contribution in [2.24, 2.45) is 0 Å². The summed E-state index contributed by atoms with van der Waals surface area (Å²) in [4.78, 5) is 10.5. The van der Waals surface area contributed by atoms with Crippen LogP contribution in [0.5, 0.6) is 5.75 Å². The molecule has 6 heteroatoms. The first-order valence-corrected chi connectivity index (χ1v) is 6.39. The van der Waals surface area contributed by atoms with Crippen LogP contribution >= 0.6 is 0 Å². The second-order valence-electron chi connectivity index (χ2n) is 4.78. The minimum Gasteiger partial charge on any atom is -0.507 e. The van der Waals surface area contributed by atoms with E-state index in [1.165, 1.54) is 18.2 Å². The first kappa shape index (κ1) is 14.8. The van der Waals surface area contributed by atoms with E-state index in [4.69, 9.17) is 0 Å². The van der Waals surface area contributed by atoms with E-state index >= 15 is 0 Å². The van der Waals surface area contributed by atoms with Crippen molar-refractivity contribution in [3.63, 3.8) is 0 Å². The fourth-order valence-electron chi connectivity index (χ4n) is 2.17. The molecule has 0 aliphatic heterocycles. The van der Waals surface area contributed by atoms with Gasteiger partial charge < -0.3 is 10.4 Å². The first-order chi connectivity index (χ1) is 9.90. The van der Waals surface area contributed by atoms with E-state index in [1.807, 2.05) is 0 Å². The van der Waals surface area contributed by atoms with Gasteiger partial charge in [0.1, 0.15) is 11.6 Å². The van der Waals surface area contributed by atoms with Crippen molar-refractivity contribution in [3.8, 4) is 5.75 Å². The van der Waals surface area contributed by atoms with Crippen LogP contribution in [0.1, 0.15) is 24.1 Å². The number of phenols is 1. The Morgan fingerprint density at radius 3 is 2.67 bits per heavy atom. The lowest BCUT2D eigenvalue weighted by atomic mass is 10.1. The fourth-order valence-corrected chi connectivity index (χ4v) is 2.17. The number of anilines is 1. The average Bonchev–Trinajstić information content (AvgIpc) is 2.40. The number of benzene rings is 2. The molecule has 110 valence electrons. The third-order valence-corrected chi connectivity index (χ3v) is 3.33. The van der Waals surface area contributed by atoms with Gasteiger partial charge in [-0.1, -0.05) is 12.1 Å². The molecule has 0 saturated heterocycles. The Bertz CT molecular complexity index is 689. The molecule has 5 nitrogen and oxygen atoms in total. The predicted molar refractivity (Wildman–Crippen MR) is 77.9 cm³/mol. The molecule has 0 aromatic heterocycles. The maximum Gasteiger partial charge on any atom is 0.274 e. The van der Waals surface area contributed by atoms with Crippen LogP contribution in [0.25, 0.3) is 0 Å². The Labute approximate surface area is 121 Å². The quantitative estimate of drug-likeness (QED) is 0.661. The van der Waals surface area contributed by atoms with Crippen molar-refractivity contribution in [1.82, 2.24) is 0 Å². The van der Waals surface area contributed by atoms with Gasteiger partial charge in [-0.15, -0.1) is 0 Å². The van der Waals surface area contributed by atoms with Gasteiger partial charge in [0.2, 0.25) is 0 Å². The minimum absolute atomic E-state index is 0.0236. The molecule has 2 rings (SSSR count). The van der Waals surface area contributed by atoms with Crippen LogP contribution in [0.4, 0.5) is 15.8 Å². The maximum absolute atomic E-state index is 13.0. The minimum atomic E-state index is -0.519. The molecule has 1 atom stereocenters. The van der Waals surface area contributed by atoms with Crippen LogP contribution in [-0.4, -0.2) is 10.0 Å². The highest BCUT2D eigenvalue weighted by atomic mass is 19.1. The number of nitro benzene ring substituents is 1. The Hall–Kier alpha value is -2.63. The molecule has 0 aliphatic carbocycles. The number of phenolic OH excluding ortho intramolecular Hbond substituents is 1. The molecule has 0 amide bonds. The zero-order chi connectivity index (χ0) is 15.6. The van der Waals surface area contributed by atoms with Gasteiger partial charge in [0.25, 0.3) is 5.69 Å². The third kappa shape index (κ3) is 3.10. The number of nitro groups is 1. The lowest BCUT2D eigenvalue weighted by Crippen LogP contribution is -2.08. The highest BCUT2D eigenvalue weighted by molar-refractivity contribution is 5.60. The van der Waals surface area contributed by atoms with Gasteiger partial charge in [-0.05, 0) is 26.0 Å². The second-order valence-corrected chi connectivity index (χ2v) is 4.78. The average molecular weight is 290 g/mol. The molecule has 0 heterocycles. The fraction of sp³-hybridized carbons (Fsp3) is 0.200. The molecular weight excluding hydrogens is 275 g/mol. The van der Waals surface area contributed by atoms with Crippen molar-refractivity contribution in [2.75, 3.05) is 5.32 Å². The SMILES string of the molecule is Cc1c(NC(C)c2ccc(F)cc2O)cccc1[N+](=O)[O-]. The highest BCUT2D eigenvalue weighted by Crippen LogP contribution is 2.31. The van der Waals surface area contributed by atoms with Crippen molar-refractivity contribution < 1.29 is 14.4 Å². The molecule has 0 radical (unpaired) electrons. The number of hydrogen-bond acceptors (Lipinski definition) is 4. The van der Waals surface area contributed by atoms with Crippen LogP contribution in [-0.2, 0) is 0 Å². The number of hydrogen-bond donors (Lipinski definition) is 2. The Balaban J connectivity index is 2.29. The molecule has 2 aromatic rings. The Kier molecular flexibility index (Phi) is 4.07. The molecule has 0 bridgehead atoms. The molecule has 1 unspecified atom stereocenters. The molecular formula is C15H15FN2O3. The van der Waals surface area contributed by atoms with Gasteiger partial charge in [-0.25, -0.2) is 4.39 Å². The third-order valence-electron chi connectivity index (χ3n) is 3.33. The summed E-state index contributed by atoms with van der Waals surface area (Å²) in [7, 11) is 0. The topological polar surface area (TPSA) is 75.4 Å². The van der Waals surface area contributed by atoms with Crippen molar-refractivity contribution in [2.45, 2.75) is 19.9 Å². The monoisotopic (exact) mass is 290 g/mol. The molecule has 2 N–H and O–H groups in total. The summed E-state index contributed by atoms with van der Waals surface area (Å²) < 4.78 is 13.0. The summed E-state index contributed by atoms with van der Waals surface area (Å²) in [6, 6.07) is 8.19. The van der Waals surface area contributed by atoms with E-state index in [9.17, 15) is 19.6 Å². The van der Waals surface area contributed by atoms with E-state index < -0.39 is 10.7 Å². The smallest absolute Gasteiger partial charge is 0.274 e. The van der Waals surface area contributed by atoms with E-state index in [1.54, 1.807) is 26.0 Å². The second kappa shape index (κ2) is 5.78. The zero-order valence-corrected chi connectivity index (χ0v) is 11.6. The van der Waals surface area contributed by atoms with Crippen LogP contribution in [0.2, 0.25) is 0 Å². The van der Waals surface area contributed by atoms with E-state index in [-0.39, 0.29) is 17.5 Å². The lowest BCUT2D eigenvalue weighted by molar-refractivity contribution is -0.385. The van der Waals surface area contributed by atoms with E-state index in [2.05, 4.69) is 5.32 Å². The molecule has 21 heavy (non-hydrogen) atoms. The van der Waals surface area contributed by atoms with Gasteiger partial charge in [0.05, 0.1) is 11.0 Å². The largest absolute Gasteiger partial charge is 0.507 e. The number of aromatic hydroxyl groups is 1. The Morgan fingerprint density at radius 1 is 1.33 bits per heavy atom. The summed E-state index contributed by atoms with van der Waals surface area (Å²) in [6.45, 7) is 3.43. The van der Waals surface area contributed by atoms with Gasteiger partial charge in [0, 0.05) is 28.9 Å². The van der Waals surface area contributed by atoms with Crippen molar-refractivity contribution in [3.05, 3.63) is 63.5 Å². The molecule has 2 aromatic carbocycles. The zero-order valence-electron chi connectivity index (χ0n) is 11.6. The first-order valence-electron chi connectivity index (χ1n) is 6.39. The van der Waals surface area contributed by atoms with Gasteiger partial charge >= 0.3 is 0 Å². The summed E-state index contributed by atoms with van der Waals surface area (Å²) in [5.74, 6) is -0.673. The maximum atomic E-state index is 13.0. The normalized spacial score (nSPS) is 12.0. The van der Waals surface area contributed by atoms with Crippen molar-refractivity contribution >= 4 is 11.4 Å². The standard InChI is InChI=1S/C15H15FN2O3/c1-9-13(4-3-5-14(9)18(20)21)17-10(2)12-7-6-11(16)8-15(12)19/h3-8,10,17,19H,1-2H3. The highest BCUT2D eigenvalue weighted by Gasteiger charge is 2.16. The predicted octanol–water partition coefficient (Wildman–Crippen LogP) is 3.92. The molecule has 0 spiro atoms. The summed E-state index contributed by atoms with van der Waals surface area (Å²) in [6.07, 6.45) is 0. The Morgan fingerprint density at radius 2 is 2.05 bits per heavy atom. The summed E-state index contributed by atoms with van der Waals surface area (Å²) >= 11 is 0. The van der Waals surface area contributed by atoms with Crippen LogP contribution in [0, 0.1) is 22.9 Å². The lowest BCUT2D eigenvalue weighted by Gasteiger charge is -2.18. The number of nitrogens with zero attached hydrogens (tertiary/aromatic N) is 1. The van der Waals surface area contributed by atoms with E-state index in [0.29, 0.717) is 16.8 Å². The van der Waals surface area contributed by atoms with Crippen molar-refractivity contribution in [1.29, 1.82) is 0 Å². The van der Waals surface area contributed by atoms with Crippen LogP contribution in [0.15, 0.2) is 36.4 Å². The summed E-state index contributed by atoms with van der Waals surface area (Å²) in [5, 5.41) is 23.8.